The Bertz CT molecular complexity index is 733. The molecule has 0 unspecified atom stereocenters. The summed E-state index contributed by atoms with van der Waals surface area (Å²) in [4.78, 5) is 24.3. The zero-order valence-electron chi connectivity index (χ0n) is 12.1. The number of amides is 2. The van der Waals surface area contributed by atoms with Gasteiger partial charge in [-0.3, -0.25) is 9.59 Å². The van der Waals surface area contributed by atoms with E-state index in [1.54, 1.807) is 12.1 Å². The Labute approximate surface area is 144 Å². The van der Waals surface area contributed by atoms with Crippen molar-refractivity contribution >= 4 is 40.4 Å². The van der Waals surface area contributed by atoms with Gasteiger partial charge in [0.15, 0.2) is 0 Å². The van der Waals surface area contributed by atoms with E-state index in [1.807, 2.05) is 5.38 Å². The fraction of sp³-hybridized carbons (Fsp3) is 0.200. The number of hydrogen-bond donors (Lipinski definition) is 2. The van der Waals surface area contributed by atoms with Crippen LogP contribution in [0.5, 0.6) is 0 Å². The second-order valence-electron chi connectivity index (χ2n) is 4.77. The third kappa shape index (κ3) is 5.24. The number of hydrogen-bond acceptors (Lipinski definition) is 3. The molecule has 1 aromatic carbocycles. The molecule has 4 nitrogen and oxygen atoms in total. The number of alkyl halides is 3. The highest BCUT2D eigenvalue weighted by atomic mass is 35.5. The zero-order valence-corrected chi connectivity index (χ0v) is 13.7. The van der Waals surface area contributed by atoms with E-state index >= 15 is 0 Å². The van der Waals surface area contributed by atoms with Gasteiger partial charge < -0.3 is 10.6 Å². The van der Waals surface area contributed by atoms with E-state index in [0.29, 0.717) is 0 Å². The first-order valence-electron chi connectivity index (χ1n) is 6.71. The molecule has 2 N–H and O–H groups in total. The standard InChI is InChI=1S/C15H12ClF3N2O2S/c16-11-4-3-9(15(17,18)19)6-12(11)21-14(23)8-20-13(22)7-10-2-1-5-24-10/h1-6H,7-8H2,(H,20,22)(H,21,23). The summed E-state index contributed by atoms with van der Waals surface area (Å²) in [7, 11) is 0. The third-order valence-corrected chi connectivity index (χ3v) is 4.13. The van der Waals surface area contributed by atoms with Crippen LogP contribution in [0.3, 0.4) is 0 Å². The smallest absolute Gasteiger partial charge is 0.347 e. The van der Waals surface area contributed by atoms with Crippen molar-refractivity contribution in [1.29, 1.82) is 0 Å². The molecule has 2 rings (SSSR count). The maximum atomic E-state index is 12.7. The van der Waals surface area contributed by atoms with Crippen molar-refractivity contribution in [3.05, 3.63) is 51.2 Å². The lowest BCUT2D eigenvalue weighted by molar-refractivity contribution is -0.137. The maximum Gasteiger partial charge on any atom is 0.416 e. The van der Waals surface area contributed by atoms with Crippen molar-refractivity contribution < 1.29 is 22.8 Å². The van der Waals surface area contributed by atoms with E-state index in [1.165, 1.54) is 11.3 Å². The molecule has 9 heteroatoms. The van der Waals surface area contributed by atoms with Gasteiger partial charge in [0.2, 0.25) is 11.8 Å². The molecular weight excluding hydrogens is 365 g/mol. The molecule has 128 valence electrons. The number of anilines is 1. The van der Waals surface area contributed by atoms with Gasteiger partial charge >= 0.3 is 6.18 Å². The van der Waals surface area contributed by atoms with Gasteiger partial charge in [-0.05, 0) is 29.6 Å². The van der Waals surface area contributed by atoms with E-state index in [2.05, 4.69) is 10.6 Å². The summed E-state index contributed by atoms with van der Waals surface area (Å²) in [5.74, 6) is -1.03. The van der Waals surface area contributed by atoms with Gasteiger partial charge in [0.05, 0.1) is 29.2 Å². The Morgan fingerprint density at radius 3 is 2.54 bits per heavy atom. The molecular formula is C15H12ClF3N2O2S. The maximum absolute atomic E-state index is 12.7. The number of carbonyl (C=O) groups excluding carboxylic acids is 2. The molecule has 2 amide bonds. The summed E-state index contributed by atoms with van der Waals surface area (Å²) in [6.07, 6.45) is -4.41. The van der Waals surface area contributed by atoms with Gasteiger partial charge in [-0.2, -0.15) is 13.2 Å². The molecule has 0 saturated carbocycles. The number of benzene rings is 1. The van der Waals surface area contributed by atoms with Gasteiger partial charge in [-0.15, -0.1) is 11.3 Å². The number of carbonyl (C=O) groups is 2. The number of rotatable bonds is 5. The topological polar surface area (TPSA) is 58.2 Å². The molecule has 0 bridgehead atoms. The monoisotopic (exact) mass is 376 g/mol. The van der Waals surface area contributed by atoms with Crippen LogP contribution in [-0.2, 0) is 22.2 Å². The summed E-state index contributed by atoms with van der Waals surface area (Å²) in [6, 6.07) is 6.20. The fourth-order valence-electron chi connectivity index (χ4n) is 1.80. The normalized spacial score (nSPS) is 11.2. The summed E-state index contributed by atoms with van der Waals surface area (Å²) in [5.41, 5.74) is -1.09. The van der Waals surface area contributed by atoms with Crippen LogP contribution in [0.25, 0.3) is 0 Å². The number of halogens is 4. The summed E-state index contributed by atoms with van der Waals surface area (Å²) >= 11 is 7.19. The lowest BCUT2D eigenvalue weighted by Gasteiger charge is -2.12. The van der Waals surface area contributed by atoms with Gasteiger partial charge in [0.1, 0.15) is 0 Å². The average Bonchev–Trinajstić information content (AvgIpc) is 2.99. The third-order valence-electron chi connectivity index (χ3n) is 2.93. The molecule has 1 heterocycles. The van der Waals surface area contributed by atoms with Crippen LogP contribution in [0, 0.1) is 0 Å². The molecule has 0 aliphatic carbocycles. The van der Waals surface area contributed by atoms with Crippen molar-refractivity contribution in [1.82, 2.24) is 5.32 Å². The zero-order chi connectivity index (χ0) is 17.7. The molecule has 1 aromatic heterocycles. The minimum atomic E-state index is -4.54. The Morgan fingerprint density at radius 2 is 1.92 bits per heavy atom. The van der Waals surface area contributed by atoms with Gasteiger partial charge in [-0.25, -0.2) is 0 Å². The average molecular weight is 377 g/mol. The highest BCUT2D eigenvalue weighted by Gasteiger charge is 2.31. The first-order chi connectivity index (χ1) is 11.3. The van der Waals surface area contributed by atoms with Gasteiger partial charge in [0, 0.05) is 4.88 Å². The predicted octanol–water partition coefficient (Wildman–Crippen LogP) is 3.72. The van der Waals surface area contributed by atoms with Crippen molar-refractivity contribution in [3.8, 4) is 0 Å². The van der Waals surface area contributed by atoms with Crippen molar-refractivity contribution in [2.75, 3.05) is 11.9 Å². The van der Waals surface area contributed by atoms with Gasteiger partial charge in [0.25, 0.3) is 0 Å². The first-order valence-corrected chi connectivity index (χ1v) is 7.97. The molecule has 0 saturated heterocycles. The second-order valence-corrected chi connectivity index (χ2v) is 6.21. The quantitative estimate of drug-likeness (QED) is 0.835. The van der Waals surface area contributed by atoms with E-state index in [0.717, 1.165) is 23.1 Å². The van der Waals surface area contributed by atoms with Crippen LogP contribution in [0.2, 0.25) is 5.02 Å². The Morgan fingerprint density at radius 1 is 1.17 bits per heavy atom. The van der Waals surface area contributed by atoms with Crippen LogP contribution in [0.4, 0.5) is 18.9 Å². The van der Waals surface area contributed by atoms with E-state index in [4.69, 9.17) is 11.6 Å². The fourth-order valence-corrected chi connectivity index (χ4v) is 2.67. The Kier molecular flexibility index (Phi) is 5.84. The minimum Gasteiger partial charge on any atom is -0.347 e. The van der Waals surface area contributed by atoms with Gasteiger partial charge in [-0.1, -0.05) is 17.7 Å². The van der Waals surface area contributed by atoms with Crippen LogP contribution < -0.4 is 10.6 Å². The second kappa shape index (κ2) is 7.67. The minimum absolute atomic E-state index is 0.0266. The lowest BCUT2D eigenvalue weighted by atomic mass is 10.2. The van der Waals surface area contributed by atoms with E-state index in [-0.39, 0.29) is 29.6 Å². The molecule has 0 aliphatic rings. The summed E-state index contributed by atoms with van der Waals surface area (Å²) < 4.78 is 38.0. The highest BCUT2D eigenvalue weighted by molar-refractivity contribution is 7.10. The van der Waals surface area contributed by atoms with E-state index < -0.39 is 17.6 Å². The van der Waals surface area contributed by atoms with E-state index in [9.17, 15) is 22.8 Å². The molecule has 2 aromatic rings. The molecule has 24 heavy (non-hydrogen) atoms. The van der Waals surface area contributed by atoms with Crippen molar-refractivity contribution in [3.63, 3.8) is 0 Å². The largest absolute Gasteiger partial charge is 0.416 e. The molecule has 0 radical (unpaired) electrons. The molecule has 0 fully saturated rings. The highest BCUT2D eigenvalue weighted by Crippen LogP contribution is 2.33. The van der Waals surface area contributed by atoms with Crippen LogP contribution in [-0.4, -0.2) is 18.4 Å². The Balaban J connectivity index is 1.91. The molecule has 0 spiro atoms. The van der Waals surface area contributed by atoms with Crippen LogP contribution >= 0.6 is 22.9 Å². The SMILES string of the molecule is O=C(Cc1cccs1)NCC(=O)Nc1cc(C(F)(F)F)ccc1Cl. The first kappa shape index (κ1) is 18.3. The van der Waals surface area contributed by atoms with Crippen LogP contribution in [0.1, 0.15) is 10.4 Å². The lowest BCUT2D eigenvalue weighted by Crippen LogP contribution is -2.33. The van der Waals surface area contributed by atoms with Crippen molar-refractivity contribution in [2.45, 2.75) is 12.6 Å². The number of nitrogens with one attached hydrogen (secondary N) is 2. The summed E-state index contributed by atoms with van der Waals surface area (Å²) in [5, 5.41) is 6.45. The Hall–Kier alpha value is -2.06. The van der Waals surface area contributed by atoms with Crippen LogP contribution in [0.15, 0.2) is 35.7 Å². The van der Waals surface area contributed by atoms with Crippen molar-refractivity contribution in [2.24, 2.45) is 0 Å². The molecule has 0 aliphatic heterocycles. The number of thiophene rings is 1. The molecule has 0 atom stereocenters. The summed E-state index contributed by atoms with van der Waals surface area (Å²) in [6.45, 7) is -0.364. The predicted molar refractivity (Wildman–Crippen MR) is 86.1 cm³/mol.